The first-order valence-electron chi connectivity index (χ1n) is 3.73. The topological polar surface area (TPSA) is 89.3 Å². The van der Waals surface area contributed by atoms with Crippen molar-refractivity contribution in [3.8, 4) is 0 Å². The lowest BCUT2D eigenvalue weighted by Gasteiger charge is -2.04. The van der Waals surface area contributed by atoms with Crippen LogP contribution in [0.2, 0.25) is 0 Å². The SMILES string of the molecule is NNC(=O)C[C@@H]1CCS(=O)(=O)C1. The average molecular weight is 192 g/mol. The summed E-state index contributed by atoms with van der Waals surface area (Å²) in [6, 6.07) is 0. The summed E-state index contributed by atoms with van der Waals surface area (Å²) in [6.07, 6.45) is 0.797. The third-order valence-corrected chi connectivity index (χ3v) is 3.80. The summed E-state index contributed by atoms with van der Waals surface area (Å²) >= 11 is 0. The minimum Gasteiger partial charge on any atom is -0.294 e. The summed E-state index contributed by atoms with van der Waals surface area (Å²) in [7, 11) is -2.87. The van der Waals surface area contributed by atoms with Gasteiger partial charge in [-0.25, -0.2) is 14.3 Å². The lowest BCUT2D eigenvalue weighted by Crippen LogP contribution is -2.31. The van der Waals surface area contributed by atoms with E-state index in [2.05, 4.69) is 0 Å². The number of nitrogens with two attached hydrogens (primary N) is 1. The predicted octanol–water partition coefficient (Wildman–Crippen LogP) is -1.20. The lowest BCUT2D eigenvalue weighted by atomic mass is 10.1. The fraction of sp³-hybridized carbons (Fsp3) is 0.833. The summed E-state index contributed by atoms with van der Waals surface area (Å²) < 4.78 is 21.9. The van der Waals surface area contributed by atoms with Crippen LogP contribution in [0.25, 0.3) is 0 Å². The van der Waals surface area contributed by atoms with Crippen molar-refractivity contribution < 1.29 is 13.2 Å². The van der Waals surface area contributed by atoms with Crippen molar-refractivity contribution >= 4 is 15.7 Å². The van der Waals surface area contributed by atoms with E-state index in [1.807, 2.05) is 5.43 Å². The van der Waals surface area contributed by atoms with Crippen molar-refractivity contribution in [2.24, 2.45) is 11.8 Å². The van der Waals surface area contributed by atoms with Gasteiger partial charge < -0.3 is 0 Å². The van der Waals surface area contributed by atoms with E-state index in [0.29, 0.717) is 6.42 Å². The van der Waals surface area contributed by atoms with Crippen LogP contribution in [-0.2, 0) is 14.6 Å². The van der Waals surface area contributed by atoms with Gasteiger partial charge in [-0.1, -0.05) is 0 Å². The van der Waals surface area contributed by atoms with E-state index in [4.69, 9.17) is 5.84 Å². The molecule has 5 nitrogen and oxygen atoms in total. The second-order valence-corrected chi connectivity index (χ2v) is 5.27. The number of carbonyl (C=O) groups is 1. The number of nitrogens with one attached hydrogen (secondary N) is 1. The van der Waals surface area contributed by atoms with E-state index >= 15 is 0 Å². The van der Waals surface area contributed by atoms with Gasteiger partial charge in [-0.2, -0.15) is 0 Å². The van der Waals surface area contributed by atoms with Crippen LogP contribution in [0.3, 0.4) is 0 Å². The zero-order chi connectivity index (χ0) is 9.19. The fourth-order valence-corrected chi connectivity index (χ4v) is 3.22. The molecule has 1 rings (SSSR count). The molecule has 1 aliphatic heterocycles. The van der Waals surface area contributed by atoms with Gasteiger partial charge in [0.15, 0.2) is 9.84 Å². The predicted molar refractivity (Wildman–Crippen MR) is 43.7 cm³/mol. The third kappa shape index (κ3) is 2.46. The summed E-state index contributed by atoms with van der Waals surface area (Å²) in [6.45, 7) is 0. The largest absolute Gasteiger partial charge is 0.294 e. The van der Waals surface area contributed by atoms with E-state index < -0.39 is 9.84 Å². The molecule has 1 amide bonds. The van der Waals surface area contributed by atoms with E-state index in [9.17, 15) is 13.2 Å². The highest BCUT2D eigenvalue weighted by Gasteiger charge is 2.28. The normalized spacial score (nSPS) is 26.9. The van der Waals surface area contributed by atoms with Crippen molar-refractivity contribution in [1.82, 2.24) is 5.43 Å². The first-order valence-corrected chi connectivity index (χ1v) is 5.55. The van der Waals surface area contributed by atoms with Crippen molar-refractivity contribution in [2.75, 3.05) is 11.5 Å². The Balaban J connectivity index is 2.43. The van der Waals surface area contributed by atoms with Crippen LogP contribution in [0.15, 0.2) is 0 Å². The van der Waals surface area contributed by atoms with E-state index in [1.54, 1.807) is 0 Å². The van der Waals surface area contributed by atoms with E-state index in [0.717, 1.165) is 0 Å². The number of rotatable bonds is 2. The Hall–Kier alpha value is -0.620. The van der Waals surface area contributed by atoms with Gasteiger partial charge in [0.25, 0.3) is 0 Å². The highest BCUT2D eigenvalue weighted by Crippen LogP contribution is 2.20. The Kier molecular flexibility index (Phi) is 2.69. The van der Waals surface area contributed by atoms with Crippen LogP contribution >= 0.6 is 0 Å². The summed E-state index contributed by atoms with van der Waals surface area (Å²) in [4.78, 5) is 10.7. The Morgan fingerprint density at radius 2 is 2.25 bits per heavy atom. The molecule has 0 aromatic rings. The van der Waals surface area contributed by atoms with Crippen molar-refractivity contribution in [3.63, 3.8) is 0 Å². The molecule has 12 heavy (non-hydrogen) atoms. The van der Waals surface area contributed by atoms with Gasteiger partial charge in [0.2, 0.25) is 5.91 Å². The minimum absolute atomic E-state index is 0.0430. The quantitative estimate of drug-likeness (QED) is 0.327. The van der Waals surface area contributed by atoms with E-state index in [-0.39, 0.29) is 29.8 Å². The minimum atomic E-state index is -2.87. The summed E-state index contributed by atoms with van der Waals surface area (Å²) in [5.41, 5.74) is 1.99. The zero-order valence-corrected chi connectivity index (χ0v) is 7.43. The molecule has 6 heteroatoms. The number of hydrazine groups is 1. The highest BCUT2D eigenvalue weighted by atomic mass is 32.2. The molecule has 0 aromatic carbocycles. The van der Waals surface area contributed by atoms with Crippen LogP contribution in [0.1, 0.15) is 12.8 Å². The smallest absolute Gasteiger partial charge is 0.234 e. The van der Waals surface area contributed by atoms with E-state index in [1.165, 1.54) is 0 Å². The molecule has 0 aliphatic carbocycles. The second-order valence-electron chi connectivity index (χ2n) is 3.04. The number of hydrogen-bond donors (Lipinski definition) is 2. The summed E-state index contributed by atoms with van der Waals surface area (Å²) in [5, 5.41) is 0. The first-order chi connectivity index (χ1) is 5.53. The van der Waals surface area contributed by atoms with Gasteiger partial charge in [-0.3, -0.25) is 10.2 Å². The van der Waals surface area contributed by atoms with Gasteiger partial charge in [0, 0.05) is 6.42 Å². The molecule has 0 unspecified atom stereocenters. The Labute approximate surface area is 71.2 Å². The molecule has 0 bridgehead atoms. The van der Waals surface area contributed by atoms with Crippen molar-refractivity contribution in [3.05, 3.63) is 0 Å². The number of sulfone groups is 1. The molecule has 0 saturated carbocycles. The molecule has 1 saturated heterocycles. The maximum absolute atomic E-state index is 10.9. The van der Waals surface area contributed by atoms with Gasteiger partial charge >= 0.3 is 0 Å². The molecule has 3 N–H and O–H groups in total. The molecular weight excluding hydrogens is 180 g/mol. The van der Waals surface area contributed by atoms with Gasteiger partial charge in [0.1, 0.15) is 0 Å². The molecule has 1 fully saturated rings. The Bertz CT molecular complexity index is 273. The average Bonchev–Trinajstić information content (AvgIpc) is 2.30. The van der Waals surface area contributed by atoms with Gasteiger partial charge in [-0.05, 0) is 12.3 Å². The summed E-state index contributed by atoms with van der Waals surface area (Å²) in [5.74, 6) is 4.86. The third-order valence-electron chi connectivity index (χ3n) is 1.96. The zero-order valence-electron chi connectivity index (χ0n) is 6.62. The Morgan fingerprint density at radius 3 is 2.67 bits per heavy atom. The van der Waals surface area contributed by atoms with Crippen LogP contribution in [0.5, 0.6) is 0 Å². The standard InChI is InChI=1S/C6H12N2O3S/c7-8-6(9)3-5-1-2-12(10,11)4-5/h5H,1-4,7H2,(H,8,9)/t5-/m0/s1. The van der Waals surface area contributed by atoms with Crippen LogP contribution in [0, 0.1) is 5.92 Å². The van der Waals surface area contributed by atoms with Crippen LogP contribution < -0.4 is 11.3 Å². The number of hydrogen-bond acceptors (Lipinski definition) is 4. The molecule has 1 heterocycles. The monoisotopic (exact) mass is 192 g/mol. The van der Waals surface area contributed by atoms with Crippen LogP contribution in [-0.4, -0.2) is 25.8 Å². The molecule has 0 spiro atoms. The molecular formula is C6H12N2O3S. The van der Waals surface area contributed by atoms with Gasteiger partial charge in [0.05, 0.1) is 11.5 Å². The number of amides is 1. The molecule has 0 aromatic heterocycles. The van der Waals surface area contributed by atoms with Crippen LogP contribution in [0.4, 0.5) is 0 Å². The highest BCUT2D eigenvalue weighted by molar-refractivity contribution is 7.91. The number of carbonyl (C=O) groups excluding carboxylic acids is 1. The molecule has 70 valence electrons. The van der Waals surface area contributed by atoms with Gasteiger partial charge in [-0.15, -0.1) is 0 Å². The van der Waals surface area contributed by atoms with Crippen molar-refractivity contribution in [2.45, 2.75) is 12.8 Å². The first kappa shape index (κ1) is 9.47. The van der Waals surface area contributed by atoms with Crippen molar-refractivity contribution in [1.29, 1.82) is 0 Å². The molecule has 1 aliphatic rings. The molecule has 0 radical (unpaired) electrons. The maximum Gasteiger partial charge on any atom is 0.234 e. The molecule has 1 atom stereocenters. The second kappa shape index (κ2) is 3.40. The maximum atomic E-state index is 10.9. The lowest BCUT2D eigenvalue weighted by molar-refractivity contribution is -0.121. The fourth-order valence-electron chi connectivity index (χ4n) is 1.35. The Morgan fingerprint density at radius 1 is 1.58 bits per heavy atom.